The smallest absolute Gasteiger partial charge is 0.257 e. The van der Waals surface area contributed by atoms with E-state index in [1.807, 2.05) is 29.6 Å². The summed E-state index contributed by atoms with van der Waals surface area (Å²) in [5.41, 5.74) is 2.10. The van der Waals surface area contributed by atoms with Gasteiger partial charge in [0.25, 0.3) is 5.91 Å². The van der Waals surface area contributed by atoms with Crippen LogP contribution < -0.4 is 5.32 Å². The Morgan fingerprint density at radius 1 is 1.24 bits per heavy atom. The molecular weight excluding hydrogens is 395 g/mol. The number of thiazole rings is 1. The third kappa shape index (κ3) is 4.55. The number of nitrogens with one attached hydrogen (secondary N) is 1. The molecule has 3 aromatic rings. The Balaban J connectivity index is 1.77. The van der Waals surface area contributed by atoms with E-state index in [1.54, 1.807) is 30.0 Å². The van der Waals surface area contributed by atoms with Crippen LogP contribution in [0.2, 0.25) is 10.0 Å². The summed E-state index contributed by atoms with van der Waals surface area (Å²) in [6, 6.07) is 12.8. The van der Waals surface area contributed by atoms with Gasteiger partial charge in [0.15, 0.2) is 5.13 Å². The van der Waals surface area contributed by atoms with Gasteiger partial charge < -0.3 is 0 Å². The van der Waals surface area contributed by atoms with Crippen LogP contribution in [0.5, 0.6) is 0 Å². The molecular formula is C18H14Cl2N2OS2. The zero-order valence-corrected chi connectivity index (χ0v) is 16.4. The Labute approximate surface area is 164 Å². The molecule has 0 atom stereocenters. The maximum absolute atomic E-state index is 12.4. The highest BCUT2D eigenvalue weighted by molar-refractivity contribution is 7.99. The lowest BCUT2D eigenvalue weighted by atomic mass is 10.2. The Bertz CT molecular complexity index is 912. The van der Waals surface area contributed by atoms with Crippen LogP contribution in [0.4, 0.5) is 5.13 Å². The quantitative estimate of drug-likeness (QED) is 0.491. The first-order chi connectivity index (χ1) is 12.1. The third-order valence-electron chi connectivity index (χ3n) is 3.34. The first-order valence-electron chi connectivity index (χ1n) is 7.52. The fourth-order valence-electron chi connectivity index (χ4n) is 2.22. The number of hydrogen-bond acceptors (Lipinski definition) is 4. The van der Waals surface area contributed by atoms with Gasteiger partial charge in [0.05, 0.1) is 10.7 Å². The maximum Gasteiger partial charge on any atom is 0.257 e. The van der Waals surface area contributed by atoms with Crippen molar-refractivity contribution >= 4 is 57.3 Å². The molecule has 7 heteroatoms. The van der Waals surface area contributed by atoms with Gasteiger partial charge in [-0.05, 0) is 42.2 Å². The minimum atomic E-state index is -0.179. The number of nitrogens with zero attached hydrogens (tertiary/aromatic N) is 1. The van der Waals surface area contributed by atoms with Crippen molar-refractivity contribution in [3.8, 4) is 11.3 Å². The normalized spacial score (nSPS) is 10.7. The van der Waals surface area contributed by atoms with Crippen molar-refractivity contribution in [2.45, 2.75) is 11.8 Å². The summed E-state index contributed by atoms with van der Waals surface area (Å²) < 4.78 is 0. The number of carbonyl (C=O) groups is 1. The number of rotatable bonds is 5. The van der Waals surface area contributed by atoms with Crippen LogP contribution in [0.1, 0.15) is 17.3 Å². The number of aromatic nitrogens is 1. The maximum atomic E-state index is 12.4. The van der Waals surface area contributed by atoms with Crippen molar-refractivity contribution in [3.63, 3.8) is 0 Å². The average molecular weight is 409 g/mol. The van der Waals surface area contributed by atoms with E-state index in [9.17, 15) is 4.79 Å². The van der Waals surface area contributed by atoms with E-state index in [0.29, 0.717) is 26.4 Å². The lowest BCUT2D eigenvalue weighted by molar-refractivity contribution is 0.102. The second-order valence-corrected chi connectivity index (χ2v) is 8.12. The Morgan fingerprint density at radius 2 is 2.08 bits per heavy atom. The highest BCUT2D eigenvalue weighted by Crippen LogP contribution is 2.32. The summed E-state index contributed by atoms with van der Waals surface area (Å²) in [5.74, 6) is 0.782. The van der Waals surface area contributed by atoms with Crippen molar-refractivity contribution in [2.24, 2.45) is 0 Å². The summed E-state index contributed by atoms with van der Waals surface area (Å²) in [7, 11) is 0. The third-order valence-corrected chi connectivity index (χ3v) is 5.52. The molecule has 25 heavy (non-hydrogen) atoms. The van der Waals surface area contributed by atoms with E-state index in [2.05, 4.69) is 17.2 Å². The summed E-state index contributed by atoms with van der Waals surface area (Å²) in [5, 5.41) is 6.32. The summed E-state index contributed by atoms with van der Waals surface area (Å²) >= 11 is 15.2. The predicted octanol–water partition coefficient (Wildman–Crippen LogP) is 6.48. The van der Waals surface area contributed by atoms with E-state index in [1.165, 1.54) is 11.3 Å². The van der Waals surface area contributed by atoms with Crippen molar-refractivity contribution in [1.82, 2.24) is 4.98 Å². The van der Waals surface area contributed by atoms with E-state index in [-0.39, 0.29) is 5.91 Å². The summed E-state index contributed by atoms with van der Waals surface area (Å²) in [6.45, 7) is 2.08. The van der Waals surface area contributed by atoms with E-state index in [0.717, 1.165) is 16.2 Å². The van der Waals surface area contributed by atoms with Gasteiger partial charge >= 0.3 is 0 Å². The minimum Gasteiger partial charge on any atom is -0.298 e. The molecule has 1 aromatic heterocycles. The molecule has 0 saturated carbocycles. The van der Waals surface area contributed by atoms with Gasteiger partial charge in [-0.3, -0.25) is 10.1 Å². The van der Waals surface area contributed by atoms with Crippen molar-refractivity contribution in [3.05, 3.63) is 63.5 Å². The first kappa shape index (κ1) is 18.3. The van der Waals surface area contributed by atoms with Crippen LogP contribution in [0.15, 0.2) is 52.7 Å². The predicted molar refractivity (Wildman–Crippen MR) is 108 cm³/mol. The number of anilines is 1. The number of hydrogen-bond donors (Lipinski definition) is 1. The molecule has 1 heterocycles. The zero-order valence-electron chi connectivity index (χ0n) is 13.3. The van der Waals surface area contributed by atoms with Crippen LogP contribution >= 0.6 is 46.3 Å². The van der Waals surface area contributed by atoms with E-state index >= 15 is 0 Å². The highest BCUT2D eigenvalue weighted by atomic mass is 35.5. The highest BCUT2D eigenvalue weighted by Gasteiger charge is 2.12. The van der Waals surface area contributed by atoms with Gasteiger partial charge in [0.1, 0.15) is 0 Å². The van der Waals surface area contributed by atoms with Gasteiger partial charge in [0.2, 0.25) is 0 Å². The molecule has 0 aliphatic carbocycles. The summed E-state index contributed by atoms with van der Waals surface area (Å²) in [6.07, 6.45) is 0. The Morgan fingerprint density at radius 3 is 2.84 bits per heavy atom. The molecule has 0 saturated heterocycles. The fourth-order valence-corrected chi connectivity index (χ4v) is 4.14. The number of carbonyl (C=O) groups excluding carboxylic acids is 1. The Kier molecular flexibility index (Phi) is 6.02. The SMILES string of the molecule is CCSc1cccc(C(=O)Nc2nc(-c3ccc(Cl)cc3Cl)cs2)c1. The molecule has 3 rings (SSSR count). The zero-order chi connectivity index (χ0) is 17.8. The van der Waals surface area contributed by atoms with Gasteiger partial charge in [-0.1, -0.05) is 36.2 Å². The minimum absolute atomic E-state index is 0.179. The molecule has 128 valence electrons. The Hall–Kier alpha value is -1.53. The molecule has 0 radical (unpaired) electrons. The topological polar surface area (TPSA) is 42.0 Å². The molecule has 1 N–H and O–H groups in total. The molecule has 2 aromatic carbocycles. The fraction of sp³-hybridized carbons (Fsp3) is 0.111. The molecule has 0 unspecified atom stereocenters. The number of amides is 1. The van der Waals surface area contributed by atoms with Crippen LogP contribution in [0.25, 0.3) is 11.3 Å². The van der Waals surface area contributed by atoms with Gasteiger partial charge in [-0.2, -0.15) is 0 Å². The molecule has 0 bridgehead atoms. The second kappa shape index (κ2) is 8.23. The first-order valence-corrected chi connectivity index (χ1v) is 10.1. The molecule has 0 aliphatic rings. The standard InChI is InChI=1S/C18H14Cl2N2OS2/c1-2-24-13-5-3-4-11(8-13)17(23)22-18-21-16(10-25-18)14-7-6-12(19)9-15(14)20/h3-10H,2H2,1H3,(H,21,22,23). The van der Waals surface area contributed by atoms with Crippen LogP contribution in [-0.2, 0) is 0 Å². The van der Waals surface area contributed by atoms with Crippen molar-refractivity contribution in [2.75, 3.05) is 11.1 Å². The van der Waals surface area contributed by atoms with Gasteiger partial charge in [0, 0.05) is 26.4 Å². The van der Waals surface area contributed by atoms with Crippen molar-refractivity contribution in [1.29, 1.82) is 0 Å². The monoisotopic (exact) mass is 408 g/mol. The van der Waals surface area contributed by atoms with Crippen LogP contribution in [0, 0.1) is 0 Å². The molecule has 0 fully saturated rings. The lowest BCUT2D eigenvalue weighted by Crippen LogP contribution is -2.11. The van der Waals surface area contributed by atoms with Crippen LogP contribution in [0.3, 0.4) is 0 Å². The van der Waals surface area contributed by atoms with E-state index < -0.39 is 0 Å². The molecule has 0 spiro atoms. The molecule has 3 nitrogen and oxygen atoms in total. The largest absolute Gasteiger partial charge is 0.298 e. The second-order valence-electron chi connectivity index (χ2n) is 5.08. The van der Waals surface area contributed by atoms with Gasteiger partial charge in [-0.25, -0.2) is 4.98 Å². The van der Waals surface area contributed by atoms with E-state index in [4.69, 9.17) is 23.2 Å². The molecule has 0 aliphatic heterocycles. The van der Waals surface area contributed by atoms with Crippen LogP contribution in [-0.4, -0.2) is 16.6 Å². The average Bonchev–Trinajstić information content (AvgIpc) is 3.03. The summed E-state index contributed by atoms with van der Waals surface area (Å²) in [4.78, 5) is 18.0. The number of thioether (sulfide) groups is 1. The lowest BCUT2D eigenvalue weighted by Gasteiger charge is -2.04. The number of halogens is 2. The number of benzene rings is 2. The van der Waals surface area contributed by atoms with Crippen molar-refractivity contribution < 1.29 is 4.79 Å². The van der Waals surface area contributed by atoms with Gasteiger partial charge in [-0.15, -0.1) is 23.1 Å². The molecule has 1 amide bonds.